The minimum absolute atomic E-state index is 0.0472. The predicted octanol–water partition coefficient (Wildman–Crippen LogP) is 2.80. The third-order valence-electron chi connectivity index (χ3n) is 4.35. The van der Waals surface area contributed by atoms with E-state index in [9.17, 15) is 14.4 Å². The standard InChI is InChI=1S/C19H25NO5/c1-12(2)17(25-14(4)21)13(3)18(22)20-16(11-24-19(20)23)10-15-8-6-5-7-9-15/h5-9,12-13,16-17H,10-11H2,1-4H3/t13?,16-,17?/m0/s1. The van der Waals surface area contributed by atoms with Crippen LogP contribution >= 0.6 is 0 Å². The van der Waals surface area contributed by atoms with E-state index in [-0.39, 0.29) is 24.5 Å². The molecular weight excluding hydrogens is 322 g/mol. The molecule has 6 heteroatoms. The first kappa shape index (κ1) is 19.0. The van der Waals surface area contributed by atoms with Crippen LogP contribution in [0.3, 0.4) is 0 Å². The molecule has 2 unspecified atom stereocenters. The van der Waals surface area contributed by atoms with E-state index in [0.717, 1.165) is 5.56 Å². The number of carbonyl (C=O) groups excluding carboxylic acids is 3. The van der Waals surface area contributed by atoms with Gasteiger partial charge in [0, 0.05) is 6.92 Å². The molecule has 0 aromatic heterocycles. The van der Waals surface area contributed by atoms with E-state index in [4.69, 9.17) is 9.47 Å². The molecule has 136 valence electrons. The summed E-state index contributed by atoms with van der Waals surface area (Å²) in [4.78, 5) is 37.5. The van der Waals surface area contributed by atoms with Crippen molar-refractivity contribution in [3.63, 3.8) is 0 Å². The van der Waals surface area contributed by atoms with Crippen molar-refractivity contribution in [2.24, 2.45) is 11.8 Å². The molecule has 2 rings (SSSR count). The molecule has 1 aliphatic heterocycles. The van der Waals surface area contributed by atoms with Gasteiger partial charge in [0.05, 0.1) is 12.0 Å². The quantitative estimate of drug-likeness (QED) is 0.740. The molecule has 0 radical (unpaired) electrons. The minimum Gasteiger partial charge on any atom is -0.461 e. The Morgan fingerprint density at radius 2 is 1.88 bits per heavy atom. The summed E-state index contributed by atoms with van der Waals surface area (Å²) in [7, 11) is 0. The maximum absolute atomic E-state index is 12.9. The largest absolute Gasteiger partial charge is 0.461 e. The van der Waals surface area contributed by atoms with Gasteiger partial charge < -0.3 is 9.47 Å². The number of carbonyl (C=O) groups is 3. The fourth-order valence-electron chi connectivity index (χ4n) is 3.13. The van der Waals surface area contributed by atoms with Crippen LogP contribution in [0.25, 0.3) is 0 Å². The first-order valence-electron chi connectivity index (χ1n) is 8.52. The summed E-state index contributed by atoms with van der Waals surface area (Å²) in [5, 5.41) is 0. The zero-order valence-corrected chi connectivity index (χ0v) is 15.1. The highest BCUT2D eigenvalue weighted by molar-refractivity contribution is 5.95. The van der Waals surface area contributed by atoms with Gasteiger partial charge in [0.25, 0.3) is 0 Å². The number of cyclic esters (lactones) is 1. The fraction of sp³-hybridized carbons (Fsp3) is 0.526. The van der Waals surface area contributed by atoms with Crippen LogP contribution in [-0.2, 0) is 25.5 Å². The molecule has 1 saturated heterocycles. The van der Waals surface area contributed by atoms with Gasteiger partial charge in [0.2, 0.25) is 5.91 Å². The molecule has 1 fully saturated rings. The number of benzene rings is 1. The average molecular weight is 347 g/mol. The summed E-state index contributed by atoms with van der Waals surface area (Å²) < 4.78 is 10.4. The molecule has 0 bridgehead atoms. The summed E-state index contributed by atoms with van der Waals surface area (Å²) in [5.74, 6) is -1.49. The van der Waals surface area contributed by atoms with Crippen LogP contribution in [-0.4, -0.2) is 41.6 Å². The Morgan fingerprint density at radius 1 is 1.24 bits per heavy atom. The van der Waals surface area contributed by atoms with E-state index in [1.54, 1.807) is 6.92 Å². The van der Waals surface area contributed by atoms with Crippen molar-refractivity contribution < 1.29 is 23.9 Å². The molecule has 1 aliphatic rings. The van der Waals surface area contributed by atoms with E-state index in [1.165, 1.54) is 11.8 Å². The van der Waals surface area contributed by atoms with Gasteiger partial charge in [0.15, 0.2) is 0 Å². The average Bonchev–Trinajstić information content (AvgIpc) is 2.92. The monoisotopic (exact) mass is 347 g/mol. The Labute approximate surface area is 148 Å². The maximum atomic E-state index is 12.9. The molecule has 0 spiro atoms. The molecule has 1 aromatic carbocycles. The normalized spacial score (nSPS) is 19.5. The minimum atomic E-state index is -0.636. The Hall–Kier alpha value is -2.37. The van der Waals surface area contributed by atoms with E-state index in [1.807, 2.05) is 44.2 Å². The van der Waals surface area contributed by atoms with Crippen molar-refractivity contribution in [2.45, 2.75) is 46.3 Å². The SMILES string of the molecule is CC(=O)OC(C(C)C)C(C)C(=O)N1C(=O)OC[C@@H]1Cc1ccccc1. The number of nitrogens with zero attached hydrogens (tertiary/aromatic N) is 1. The van der Waals surface area contributed by atoms with Gasteiger partial charge in [-0.2, -0.15) is 0 Å². The molecule has 2 amide bonds. The smallest absolute Gasteiger partial charge is 0.416 e. The third-order valence-corrected chi connectivity index (χ3v) is 4.35. The van der Waals surface area contributed by atoms with E-state index < -0.39 is 24.1 Å². The molecule has 0 aliphatic carbocycles. The van der Waals surface area contributed by atoms with Crippen molar-refractivity contribution in [3.05, 3.63) is 35.9 Å². The van der Waals surface area contributed by atoms with Crippen LogP contribution in [0.4, 0.5) is 4.79 Å². The summed E-state index contributed by atoms with van der Waals surface area (Å²) in [6.07, 6.45) is -0.691. The van der Waals surface area contributed by atoms with Gasteiger partial charge in [-0.05, 0) is 24.8 Å². The van der Waals surface area contributed by atoms with Crippen LogP contribution in [0.2, 0.25) is 0 Å². The second-order valence-electron chi connectivity index (χ2n) is 6.74. The molecular formula is C19H25NO5. The van der Waals surface area contributed by atoms with E-state index in [2.05, 4.69) is 0 Å². The lowest BCUT2D eigenvalue weighted by molar-refractivity contribution is -0.156. The predicted molar refractivity (Wildman–Crippen MR) is 91.7 cm³/mol. The van der Waals surface area contributed by atoms with E-state index in [0.29, 0.717) is 6.42 Å². The second-order valence-corrected chi connectivity index (χ2v) is 6.74. The number of amides is 2. The lowest BCUT2D eigenvalue weighted by atomic mass is 9.92. The summed E-state index contributed by atoms with van der Waals surface area (Å²) in [6, 6.07) is 9.29. The van der Waals surface area contributed by atoms with Gasteiger partial charge in [-0.25, -0.2) is 9.69 Å². The molecule has 0 saturated carbocycles. The van der Waals surface area contributed by atoms with E-state index >= 15 is 0 Å². The van der Waals surface area contributed by atoms with Gasteiger partial charge in [-0.3, -0.25) is 9.59 Å². The number of imide groups is 1. The zero-order valence-electron chi connectivity index (χ0n) is 15.1. The molecule has 1 heterocycles. The third kappa shape index (κ3) is 4.59. The topological polar surface area (TPSA) is 72.9 Å². The van der Waals surface area contributed by atoms with Crippen molar-refractivity contribution in [2.75, 3.05) is 6.61 Å². The van der Waals surface area contributed by atoms with Crippen LogP contribution < -0.4 is 0 Å². The van der Waals surface area contributed by atoms with Gasteiger partial charge in [0.1, 0.15) is 12.7 Å². The van der Waals surface area contributed by atoms with Crippen LogP contribution in [0.15, 0.2) is 30.3 Å². The van der Waals surface area contributed by atoms with Gasteiger partial charge in [-0.15, -0.1) is 0 Å². The van der Waals surface area contributed by atoms with Crippen molar-refractivity contribution in [3.8, 4) is 0 Å². The number of ether oxygens (including phenoxy) is 2. The molecule has 6 nitrogen and oxygen atoms in total. The number of hydrogen-bond acceptors (Lipinski definition) is 5. The highest BCUT2D eigenvalue weighted by atomic mass is 16.6. The maximum Gasteiger partial charge on any atom is 0.416 e. The van der Waals surface area contributed by atoms with Gasteiger partial charge >= 0.3 is 12.1 Å². The Morgan fingerprint density at radius 3 is 2.44 bits per heavy atom. The van der Waals surface area contributed by atoms with Crippen LogP contribution in [0.5, 0.6) is 0 Å². The van der Waals surface area contributed by atoms with Crippen molar-refractivity contribution in [1.82, 2.24) is 4.90 Å². The highest BCUT2D eigenvalue weighted by Gasteiger charge is 2.42. The summed E-state index contributed by atoms with van der Waals surface area (Å²) in [5.41, 5.74) is 1.02. The van der Waals surface area contributed by atoms with Gasteiger partial charge in [-0.1, -0.05) is 44.2 Å². The summed E-state index contributed by atoms with van der Waals surface area (Å²) >= 11 is 0. The second kappa shape index (κ2) is 8.14. The Balaban J connectivity index is 2.16. The fourth-order valence-corrected chi connectivity index (χ4v) is 3.13. The number of esters is 1. The molecule has 1 aromatic rings. The molecule has 0 N–H and O–H groups in total. The lowest BCUT2D eigenvalue weighted by Gasteiger charge is -2.29. The number of hydrogen-bond donors (Lipinski definition) is 0. The van der Waals surface area contributed by atoms with Crippen LogP contribution in [0.1, 0.15) is 33.3 Å². The zero-order chi connectivity index (χ0) is 18.6. The van der Waals surface area contributed by atoms with Crippen molar-refractivity contribution >= 4 is 18.0 Å². The number of rotatable bonds is 6. The Bertz CT molecular complexity index is 628. The molecule has 25 heavy (non-hydrogen) atoms. The molecule has 3 atom stereocenters. The Kier molecular flexibility index (Phi) is 6.17. The van der Waals surface area contributed by atoms with Crippen molar-refractivity contribution in [1.29, 1.82) is 0 Å². The lowest BCUT2D eigenvalue weighted by Crippen LogP contribution is -2.47. The first-order chi connectivity index (χ1) is 11.8. The first-order valence-corrected chi connectivity index (χ1v) is 8.52. The van der Waals surface area contributed by atoms with Crippen LogP contribution in [0, 0.1) is 11.8 Å². The summed E-state index contributed by atoms with van der Waals surface area (Å²) in [6.45, 7) is 6.92. The highest BCUT2D eigenvalue weighted by Crippen LogP contribution is 2.24.